The number of benzene rings is 1. The zero-order valence-electron chi connectivity index (χ0n) is 21.6. The molecule has 1 saturated carbocycles. The maximum Gasteiger partial charge on any atom is 0.244 e. The van der Waals surface area contributed by atoms with Gasteiger partial charge in [-0.05, 0) is 42.7 Å². The van der Waals surface area contributed by atoms with Gasteiger partial charge in [0, 0.05) is 18.4 Å². The maximum atomic E-state index is 13.4. The number of para-hydroxylation sites is 1. The average Bonchev–Trinajstić information content (AvgIpc) is 2.80. The van der Waals surface area contributed by atoms with Crippen molar-refractivity contribution >= 4 is 24.9 Å². The SMILES string of the molecule is CC(C)[C@@H](C(=O)NC[C@@H](O)CP(=O)(O)CC1CCCCC1)N(C(=O)[C@H](N)C(C)C)c1ccccc1. The van der Waals surface area contributed by atoms with Crippen molar-refractivity contribution in [3.8, 4) is 0 Å². The highest BCUT2D eigenvalue weighted by Gasteiger charge is 2.37. The van der Waals surface area contributed by atoms with Gasteiger partial charge in [-0.2, -0.15) is 0 Å². The van der Waals surface area contributed by atoms with E-state index in [1.165, 1.54) is 11.3 Å². The van der Waals surface area contributed by atoms with Gasteiger partial charge in [0.2, 0.25) is 19.2 Å². The summed E-state index contributed by atoms with van der Waals surface area (Å²) in [5.41, 5.74) is 6.75. The molecule has 4 atom stereocenters. The highest BCUT2D eigenvalue weighted by atomic mass is 31.2. The van der Waals surface area contributed by atoms with Crippen molar-refractivity contribution in [2.75, 3.05) is 23.8 Å². The van der Waals surface area contributed by atoms with Crippen LogP contribution < -0.4 is 16.0 Å². The van der Waals surface area contributed by atoms with Crippen LogP contribution in [0.25, 0.3) is 0 Å². The summed E-state index contributed by atoms with van der Waals surface area (Å²) in [6.07, 6.45) is 4.05. The Bertz CT molecular complexity index is 858. The molecular formula is C26H44N3O5P. The number of rotatable bonds is 12. The Kier molecular flexibility index (Phi) is 11.4. The minimum absolute atomic E-state index is 0.116. The monoisotopic (exact) mass is 509 g/mol. The van der Waals surface area contributed by atoms with Gasteiger partial charge in [-0.25, -0.2) is 0 Å². The third-order valence-corrected chi connectivity index (χ3v) is 8.81. The van der Waals surface area contributed by atoms with Gasteiger partial charge in [0.25, 0.3) is 0 Å². The first kappa shape index (κ1) is 29.5. The van der Waals surface area contributed by atoms with Gasteiger partial charge in [0.15, 0.2) is 0 Å². The van der Waals surface area contributed by atoms with Gasteiger partial charge in [-0.3, -0.25) is 19.1 Å². The Morgan fingerprint density at radius 1 is 1.09 bits per heavy atom. The highest BCUT2D eigenvalue weighted by Crippen LogP contribution is 2.45. The van der Waals surface area contributed by atoms with Crippen molar-refractivity contribution in [3.05, 3.63) is 30.3 Å². The molecule has 0 aliphatic heterocycles. The van der Waals surface area contributed by atoms with Gasteiger partial charge in [-0.1, -0.05) is 65.2 Å². The number of amides is 2. The van der Waals surface area contributed by atoms with E-state index < -0.39 is 31.5 Å². The Hall–Kier alpha value is -1.73. The third kappa shape index (κ3) is 9.02. The molecule has 0 spiro atoms. The van der Waals surface area contributed by atoms with Crippen molar-refractivity contribution in [2.45, 2.75) is 78.0 Å². The second-order valence-electron chi connectivity index (χ2n) is 10.6. The van der Waals surface area contributed by atoms with E-state index in [0.29, 0.717) is 5.69 Å². The van der Waals surface area contributed by atoms with Gasteiger partial charge < -0.3 is 21.1 Å². The smallest absolute Gasteiger partial charge is 0.244 e. The molecule has 2 rings (SSSR count). The van der Waals surface area contributed by atoms with Gasteiger partial charge in [0.1, 0.15) is 6.04 Å². The third-order valence-electron chi connectivity index (χ3n) is 6.73. The minimum atomic E-state index is -3.51. The van der Waals surface area contributed by atoms with Crippen molar-refractivity contribution < 1.29 is 24.2 Å². The summed E-state index contributed by atoms with van der Waals surface area (Å²) in [5.74, 6) is -0.928. The van der Waals surface area contributed by atoms with Crippen LogP contribution in [0.3, 0.4) is 0 Å². The van der Waals surface area contributed by atoms with Crippen LogP contribution in [-0.4, -0.2) is 58.9 Å². The van der Waals surface area contributed by atoms with E-state index in [1.807, 2.05) is 33.8 Å². The molecule has 5 N–H and O–H groups in total. The van der Waals surface area contributed by atoms with E-state index in [2.05, 4.69) is 5.32 Å². The summed E-state index contributed by atoms with van der Waals surface area (Å²) in [6, 6.07) is 7.29. The fourth-order valence-electron chi connectivity index (χ4n) is 4.74. The maximum absolute atomic E-state index is 13.4. The van der Waals surface area contributed by atoms with Crippen LogP contribution in [0.15, 0.2) is 30.3 Å². The molecule has 0 bridgehead atoms. The van der Waals surface area contributed by atoms with Crippen molar-refractivity contribution in [1.82, 2.24) is 5.32 Å². The molecule has 0 radical (unpaired) electrons. The molecule has 1 aromatic rings. The van der Waals surface area contributed by atoms with Gasteiger partial charge >= 0.3 is 0 Å². The number of nitrogens with zero attached hydrogens (tertiary/aromatic N) is 1. The summed E-state index contributed by atoms with van der Waals surface area (Å²) in [4.78, 5) is 38.5. The summed E-state index contributed by atoms with van der Waals surface area (Å²) < 4.78 is 12.7. The molecule has 1 fully saturated rings. The topological polar surface area (TPSA) is 133 Å². The summed E-state index contributed by atoms with van der Waals surface area (Å²) >= 11 is 0. The highest BCUT2D eigenvalue weighted by molar-refractivity contribution is 7.58. The van der Waals surface area contributed by atoms with Gasteiger partial charge in [0.05, 0.1) is 18.3 Å². The number of hydrogen-bond donors (Lipinski definition) is 4. The lowest BCUT2D eigenvalue weighted by Crippen LogP contribution is -2.58. The van der Waals surface area contributed by atoms with E-state index in [4.69, 9.17) is 5.73 Å². The first-order valence-electron chi connectivity index (χ1n) is 12.8. The van der Waals surface area contributed by atoms with Crippen molar-refractivity contribution in [3.63, 3.8) is 0 Å². The first-order valence-corrected chi connectivity index (χ1v) is 14.9. The van der Waals surface area contributed by atoms with E-state index in [0.717, 1.165) is 25.7 Å². The van der Waals surface area contributed by atoms with Crippen molar-refractivity contribution in [2.24, 2.45) is 23.5 Å². The zero-order valence-corrected chi connectivity index (χ0v) is 22.5. The Morgan fingerprint density at radius 3 is 2.23 bits per heavy atom. The lowest BCUT2D eigenvalue weighted by atomic mass is 9.91. The van der Waals surface area contributed by atoms with Crippen LogP contribution in [0, 0.1) is 17.8 Å². The van der Waals surface area contributed by atoms with Crippen LogP contribution >= 0.6 is 7.37 Å². The molecule has 0 saturated heterocycles. The molecule has 35 heavy (non-hydrogen) atoms. The minimum Gasteiger partial charge on any atom is -0.391 e. The summed E-state index contributed by atoms with van der Waals surface area (Å²) in [6.45, 7) is 7.23. The van der Waals surface area contributed by atoms with Gasteiger partial charge in [-0.15, -0.1) is 0 Å². The largest absolute Gasteiger partial charge is 0.391 e. The Labute approximate surface area is 210 Å². The van der Waals surface area contributed by atoms with Crippen LogP contribution in [0.4, 0.5) is 5.69 Å². The predicted octanol–water partition coefficient (Wildman–Crippen LogP) is 3.36. The molecule has 1 aromatic carbocycles. The number of aliphatic hydroxyl groups excluding tert-OH is 1. The molecule has 9 heteroatoms. The summed E-state index contributed by atoms with van der Waals surface area (Å²) in [7, 11) is -3.51. The molecule has 1 aliphatic carbocycles. The zero-order chi connectivity index (χ0) is 26.2. The normalized spacial score (nSPS) is 19.1. The molecule has 0 aromatic heterocycles. The second-order valence-corrected chi connectivity index (χ2v) is 13.0. The Morgan fingerprint density at radius 2 is 1.69 bits per heavy atom. The van der Waals surface area contributed by atoms with E-state index >= 15 is 0 Å². The number of carbonyl (C=O) groups is 2. The fourth-order valence-corrected chi connectivity index (χ4v) is 6.85. The number of hydrogen-bond acceptors (Lipinski definition) is 5. The molecule has 1 aliphatic rings. The number of nitrogens with two attached hydrogens (primary N) is 1. The standard InChI is InChI=1S/C26H44N3O5P/c1-18(2)23(27)26(32)29(21-13-9-6-10-14-21)24(19(3)4)25(31)28-15-22(30)17-35(33,34)16-20-11-7-5-8-12-20/h6,9-10,13-14,18-20,22-24,30H,5,7-8,11-12,15-17,27H2,1-4H3,(H,28,31)(H,33,34)/t22-,23-,24+/m1/s1. The molecular weight excluding hydrogens is 465 g/mol. The average molecular weight is 510 g/mol. The Balaban J connectivity index is 2.10. The number of nitrogens with one attached hydrogen (secondary N) is 1. The number of aliphatic hydroxyl groups is 1. The lowest BCUT2D eigenvalue weighted by molar-refractivity contribution is -0.128. The lowest BCUT2D eigenvalue weighted by Gasteiger charge is -2.36. The summed E-state index contributed by atoms with van der Waals surface area (Å²) in [5, 5.41) is 13.2. The predicted molar refractivity (Wildman–Crippen MR) is 141 cm³/mol. The van der Waals surface area contributed by atoms with Crippen LogP contribution in [-0.2, 0) is 14.2 Å². The molecule has 198 valence electrons. The van der Waals surface area contributed by atoms with Crippen molar-refractivity contribution in [1.29, 1.82) is 0 Å². The molecule has 2 amide bonds. The molecule has 8 nitrogen and oxygen atoms in total. The fraction of sp³-hybridized carbons (Fsp3) is 0.692. The molecule has 0 heterocycles. The van der Waals surface area contributed by atoms with Crippen LogP contribution in [0.2, 0.25) is 0 Å². The second kappa shape index (κ2) is 13.5. The van der Waals surface area contributed by atoms with E-state index in [9.17, 15) is 24.2 Å². The van der Waals surface area contributed by atoms with E-state index in [-0.39, 0.29) is 42.5 Å². The number of anilines is 1. The van der Waals surface area contributed by atoms with Crippen LogP contribution in [0.5, 0.6) is 0 Å². The number of carbonyl (C=O) groups excluding carboxylic acids is 2. The van der Waals surface area contributed by atoms with E-state index in [1.54, 1.807) is 24.3 Å². The first-order chi connectivity index (χ1) is 16.4. The van der Waals surface area contributed by atoms with Crippen LogP contribution in [0.1, 0.15) is 59.8 Å². The molecule has 1 unspecified atom stereocenters. The quantitative estimate of drug-likeness (QED) is 0.320.